The molecule has 1 heterocycles. The second-order valence-corrected chi connectivity index (χ2v) is 9.19. The van der Waals surface area contributed by atoms with Gasteiger partial charge in [-0.1, -0.05) is 37.3 Å². The van der Waals surface area contributed by atoms with Gasteiger partial charge in [-0.3, -0.25) is 9.59 Å². The molecular weight excluding hydrogens is 460 g/mol. The van der Waals surface area contributed by atoms with Crippen LogP contribution in [0, 0.1) is 5.92 Å². The number of fused-ring (bicyclic) bond motifs is 3. The summed E-state index contributed by atoms with van der Waals surface area (Å²) < 4.78 is 6.67. The molecule has 0 unspecified atom stereocenters. The average molecular weight is 491 g/mol. The largest absolute Gasteiger partial charge is 0.463 e. The van der Waals surface area contributed by atoms with E-state index < -0.39 is 17.7 Å². The fourth-order valence-electron chi connectivity index (χ4n) is 5.06. The molecule has 3 aromatic rings. The van der Waals surface area contributed by atoms with Crippen molar-refractivity contribution in [2.24, 2.45) is 11.1 Å². The highest BCUT2D eigenvalue weighted by Crippen LogP contribution is 2.32. The van der Waals surface area contributed by atoms with Crippen LogP contribution >= 0.6 is 0 Å². The molecule has 8 heteroatoms. The van der Waals surface area contributed by atoms with Crippen molar-refractivity contribution in [3.63, 3.8) is 0 Å². The van der Waals surface area contributed by atoms with Gasteiger partial charge in [0.1, 0.15) is 5.71 Å². The van der Waals surface area contributed by atoms with Crippen LogP contribution in [0.5, 0.6) is 0 Å². The predicted molar refractivity (Wildman–Crippen MR) is 136 cm³/mol. The normalized spacial score (nSPS) is 14.7. The van der Waals surface area contributed by atoms with Crippen LogP contribution in [0.4, 0.5) is 0 Å². The number of oxime groups is 1. The van der Waals surface area contributed by atoms with E-state index in [1.807, 2.05) is 13.0 Å². The Bertz CT molecular complexity index is 1380. The minimum Gasteiger partial charge on any atom is -0.463 e. The number of aromatic nitrogens is 1. The summed E-state index contributed by atoms with van der Waals surface area (Å²) in [5, 5.41) is 5.47. The first kappa shape index (κ1) is 25.3. The molecule has 0 atom stereocenters. The van der Waals surface area contributed by atoms with Crippen LogP contribution in [0.15, 0.2) is 41.6 Å². The summed E-state index contributed by atoms with van der Waals surface area (Å²) in [7, 11) is 1.17. The number of ether oxygens (including phenoxy) is 1. The minimum absolute atomic E-state index is 0.218. The lowest BCUT2D eigenvalue weighted by Crippen LogP contribution is -2.21. The van der Waals surface area contributed by atoms with E-state index in [1.165, 1.54) is 20.5 Å². The topological polar surface area (TPSA) is 104 Å². The third kappa shape index (κ3) is 5.08. The summed E-state index contributed by atoms with van der Waals surface area (Å²) in [6.07, 6.45) is 5.93. The van der Waals surface area contributed by atoms with Crippen molar-refractivity contribution in [2.45, 2.75) is 58.9 Å². The van der Waals surface area contributed by atoms with E-state index in [0.717, 1.165) is 47.5 Å². The van der Waals surface area contributed by atoms with E-state index in [-0.39, 0.29) is 17.1 Å². The maximum atomic E-state index is 13.5. The first-order chi connectivity index (χ1) is 17.3. The number of hydrogen-bond donors (Lipinski definition) is 0. The Hall–Kier alpha value is -3.81. The molecule has 1 saturated carbocycles. The minimum atomic E-state index is -0.932. The van der Waals surface area contributed by atoms with Gasteiger partial charge in [0.2, 0.25) is 5.78 Å². The van der Waals surface area contributed by atoms with Crippen LogP contribution in [0.2, 0.25) is 0 Å². The molecule has 8 nitrogen and oxygen atoms in total. The van der Waals surface area contributed by atoms with E-state index in [2.05, 4.69) is 14.5 Å². The van der Waals surface area contributed by atoms with Crippen LogP contribution in [-0.4, -0.2) is 40.9 Å². The molecule has 2 aromatic carbocycles. The number of benzene rings is 2. The second-order valence-electron chi connectivity index (χ2n) is 9.19. The number of aryl methyl sites for hydroxylation is 1. The lowest BCUT2D eigenvalue weighted by molar-refractivity contribution is -0.141. The van der Waals surface area contributed by atoms with Crippen LogP contribution < -0.4 is 0 Å². The smallest absolute Gasteiger partial charge is 0.379 e. The van der Waals surface area contributed by atoms with Gasteiger partial charge in [-0.15, -0.1) is 0 Å². The zero-order valence-corrected chi connectivity index (χ0v) is 20.8. The third-order valence-corrected chi connectivity index (χ3v) is 6.83. The Kier molecular flexibility index (Phi) is 7.62. The third-order valence-electron chi connectivity index (χ3n) is 6.83. The summed E-state index contributed by atoms with van der Waals surface area (Å²) in [5.41, 5.74) is 2.66. The van der Waals surface area contributed by atoms with E-state index in [1.54, 1.807) is 30.3 Å². The molecule has 36 heavy (non-hydrogen) atoms. The van der Waals surface area contributed by atoms with E-state index in [0.29, 0.717) is 24.4 Å². The summed E-state index contributed by atoms with van der Waals surface area (Å²) in [6, 6.07) is 10.5. The number of rotatable bonds is 8. The lowest BCUT2D eigenvalue weighted by atomic mass is 9.84. The fraction of sp³-hybridized carbons (Fsp3) is 0.393. The highest BCUT2D eigenvalue weighted by molar-refractivity contribution is 6.46. The molecule has 0 radical (unpaired) electrons. The number of Topliss-reactive ketones (excluding diaryl/α,β-unsaturated/α-hetero) is 2. The van der Waals surface area contributed by atoms with Crippen molar-refractivity contribution in [1.82, 2.24) is 4.57 Å². The Balaban J connectivity index is 1.78. The summed E-state index contributed by atoms with van der Waals surface area (Å²) in [6.45, 7) is 3.95. The Labute approximate surface area is 209 Å². The summed E-state index contributed by atoms with van der Waals surface area (Å²) in [5.74, 6) is -2.20. The number of methoxy groups -OCH3 is 1. The molecule has 0 spiro atoms. The molecule has 0 saturated heterocycles. The monoisotopic (exact) mass is 490 g/mol. The predicted octanol–water partition coefficient (Wildman–Crippen LogP) is 5.24. The Morgan fingerprint density at radius 1 is 0.917 bits per heavy atom. The fourth-order valence-corrected chi connectivity index (χ4v) is 5.06. The first-order valence-corrected chi connectivity index (χ1v) is 12.3. The Morgan fingerprint density at radius 2 is 1.50 bits per heavy atom. The zero-order chi connectivity index (χ0) is 25.8. The molecule has 0 N–H and O–H groups in total. The molecule has 0 amide bonds. The lowest BCUT2D eigenvalue weighted by Gasteiger charge is -2.21. The molecule has 1 aromatic heterocycles. The number of carbonyl (C=O) groups excluding carboxylic acids is 4. The van der Waals surface area contributed by atoms with Gasteiger partial charge < -0.3 is 14.1 Å². The highest BCUT2D eigenvalue weighted by Gasteiger charge is 2.24. The SMILES string of the molecule is CCn1c2ccc(C(=O)C(=O)OC)cc2c2cc(C(=O)/C(CC3CCCCC3)=N/OC(C)=O)ccc21. The maximum absolute atomic E-state index is 13.5. The van der Waals surface area contributed by atoms with Crippen LogP contribution in [-0.2, 0) is 25.7 Å². The van der Waals surface area contributed by atoms with Crippen LogP contribution in [0.3, 0.4) is 0 Å². The van der Waals surface area contributed by atoms with Crippen LogP contribution in [0.25, 0.3) is 21.8 Å². The maximum Gasteiger partial charge on any atom is 0.379 e. The highest BCUT2D eigenvalue weighted by atomic mass is 16.7. The molecule has 1 aliphatic carbocycles. The molecule has 188 valence electrons. The second kappa shape index (κ2) is 10.8. The van der Waals surface area contributed by atoms with Crippen LogP contribution in [0.1, 0.15) is 73.1 Å². The van der Waals surface area contributed by atoms with Gasteiger partial charge in [-0.25, -0.2) is 9.59 Å². The van der Waals surface area contributed by atoms with Gasteiger partial charge in [0, 0.05) is 46.4 Å². The van der Waals surface area contributed by atoms with Crippen molar-refractivity contribution in [1.29, 1.82) is 0 Å². The van der Waals surface area contributed by atoms with Gasteiger partial charge in [0.25, 0.3) is 5.78 Å². The van der Waals surface area contributed by atoms with Gasteiger partial charge in [0.05, 0.1) is 7.11 Å². The van der Waals surface area contributed by atoms with E-state index in [9.17, 15) is 19.2 Å². The summed E-state index contributed by atoms with van der Waals surface area (Å²) >= 11 is 0. The summed E-state index contributed by atoms with van der Waals surface area (Å²) in [4.78, 5) is 54.1. The van der Waals surface area contributed by atoms with E-state index in [4.69, 9.17) is 4.84 Å². The van der Waals surface area contributed by atoms with Crippen molar-refractivity contribution < 1.29 is 28.8 Å². The number of hydrogen-bond acceptors (Lipinski definition) is 7. The van der Waals surface area contributed by atoms with Gasteiger partial charge in [0.15, 0.2) is 0 Å². The average Bonchev–Trinajstić information content (AvgIpc) is 3.22. The van der Waals surface area contributed by atoms with Crippen molar-refractivity contribution in [2.75, 3.05) is 7.11 Å². The van der Waals surface area contributed by atoms with Gasteiger partial charge >= 0.3 is 11.9 Å². The number of nitrogens with zero attached hydrogens (tertiary/aromatic N) is 2. The molecule has 0 bridgehead atoms. The number of carbonyl (C=O) groups is 4. The standard InChI is InChI=1S/C28H30N2O6/c1-4-30-24-12-10-19(26(32)23(29-36-17(2)31)14-18-8-6-5-7-9-18)15-21(24)22-16-20(11-13-25(22)30)27(33)28(34)35-3/h10-13,15-16,18H,4-9,14H2,1-3H3/b29-23+. The molecule has 0 aliphatic heterocycles. The van der Waals surface area contributed by atoms with Crippen molar-refractivity contribution in [3.05, 3.63) is 47.5 Å². The molecular formula is C28H30N2O6. The number of ketones is 2. The molecule has 1 fully saturated rings. The first-order valence-electron chi connectivity index (χ1n) is 12.3. The van der Waals surface area contributed by atoms with Gasteiger partial charge in [-0.05, 0) is 55.7 Å². The Morgan fingerprint density at radius 3 is 2.03 bits per heavy atom. The van der Waals surface area contributed by atoms with Crippen molar-refractivity contribution in [3.8, 4) is 0 Å². The molecule has 4 rings (SSSR count). The van der Waals surface area contributed by atoms with E-state index >= 15 is 0 Å². The molecule has 1 aliphatic rings. The van der Waals surface area contributed by atoms with Crippen molar-refractivity contribution >= 4 is 51.0 Å². The zero-order valence-electron chi connectivity index (χ0n) is 20.8. The quantitative estimate of drug-likeness (QED) is 0.107. The van der Waals surface area contributed by atoms with Gasteiger partial charge in [-0.2, -0.15) is 0 Å². The number of esters is 1.